The second-order valence-corrected chi connectivity index (χ2v) is 2.83. The van der Waals surface area contributed by atoms with Crippen LogP contribution in [-0.2, 0) is 17.9 Å². The summed E-state index contributed by atoms with van der Waals surface area (Å²) in [5.41, 5.74) is 2.14. The van der Waals surface area contributed by atoms with Gasteiger partial charge >= 0.3 is 0 Å². The second kappa shape index (κ2) is 5.84. The average Bonchev–Trinajstić information content (AvgIpc) is 2.24. The average molecular weight is 188 g/mol. The summed E-state index contributed by atoms with van der Waals surface area (Å²) < 4.78 is 0. The van der Waals surface area contributed by atoms with Gasteiger partial charge in [0, 0.05) is 0 Å². The minimum Gasteiger partial charge on any atom is -0.293 e. The van der Waals surface area contributed by atoms with E-state index in [2.05, 4.69) is 9.98 Å². The van der Waals surface area contributed by atoms with Crippen molar-refractivity contribution in [1.29, 1.82) is 0 Å². The topological polar surface area (TPSA) is 41.8 Å². The summed E-state index contributed by atoms with van der Waals surface area (Å²) >= 11 is 0. The number of benzene rings is 1. The summed E-state index contributed by atoms with van der Waals surface area (Å²) in [7, 11) is 0. The molecule has 0 aromatic heterocycles. The number of rotatable bonds is 4. The fourth-order valence-corrected chi connectivity index (χ4v) is 1.15. The summed E-state index contributed by atoms with van der Waals surface area (Å²) in [6.45, 7) is 2.96. The van der Waals surface area contributed by atoms with Gasteiger partial charge in [0.2, 0.25) is 6.08 Å². The largest absolute Gasteiger partial charge is 0.293 e. The van der Waals surface area contributed by atoms with Gasteiger partial charge in [0.1, 0.15) is 0 Å². The normalized spacial score (nSPS) is 10.1. The quantitative estimate of drug-likeness (QED) is 0.527. The zero-order chi connectivity index (χ0) is 10.2. The summed E-state index contributed by atoms with van der Waals surface area (Å²) in [6, 6.07) is 7.87. The molecule has 14 heavy (non-hydrogen) atoms. The molecular formula is C11H12N2O. The molecule has 0 heterocycles. The molecule has 3 heteroatoms. The molecule has 3 nitrogen and oxygen atoms in total. The molecule has 0 aliphatic rings. The van der Waals surface area contributed by atoms with Crippen molar-refractivity contribution in [1.82, 2.24) is 0 Å². The standard InChI is InChI=1S/C11H12N2O/c1-2-12-7-10-4-3-5-11(6-10)8-13-9-14/h2-6H,7-8H2,1H3/b12-2-. The van der Waals surface area contributed by atoms with E-state index in [4.69, 9.17) is 0 Å². The van der Waals surface area contributed by atoms with Crippen LogP contribution in [0.2, 0.25) is 0 Å². The maximum absolute atomic E-state index is 9.92. The Kier molecular flexibility index (Phi) is 4.32. The molecule has 0 spiro atoms. The van der Waals surface area contributed by atoms with Gasteiger partial charge < -0.3 is 0 Å². The second-order valence-electron chi connectivity index (χ2n) is 2.83. The van der Waals surface area contributed by atoms with E-state index in [1.54, 1.807) is 6.21 Å². The smallest absolute Gasteiger partial charge is 0.235 e. The van der Waals surface area contributed by atoms with Gasteiger partial charge in [0.15, 0.2) is 0 Å². The zero-order valence-corrected chi connectivity index (χ0v) is 8.10. The molecule has 72 valence electrons. The molecule has 0 saturated carbocycles. The maximum Gasteiger partial charge on any atom is 0.235 e. The molecule has 0 amide bonds. The number of isocyanates is 1. The summed E-state index contributed by atoms with van der Waals surface area (Å²) in [4.78, 5) is 17.6. The highest BCUT2D eigenvalue weighted by molar-refractivity contribution is 5.53. The third-order valence-corrected chi connectivity index (χ3v) is 1.77. The highest BCUT2D eigenvalue weighted by Gasteiger charge is 1.93. The number of carbonyl (C=O) groups excluding carboxylic acids is 1. The Hall–Kier alpha value is -1.73. The summed E-state index contributed by atoms with van der Waals surface area (Å²) in [5, 5.41) is 0. The van der Waals surface area contributed by atoms with E-state index in [9.17, 15) is 4.79 Å². The number of hydrogen-bond donors (Lipinski definition) is 0. The van der Waals surface area contributed by atoms with E-state index in [-0.39, 0.29) is 0 Å². The highest BCUT2D eigenvalue weighted by Crippen LogP contribution is 2.07. The predicted octanol–water partition coefficient (Wildman–Crippen LogP) is 2.11. The molecule has 0 N–H and O–H groups in total. The van der Waals surface area contributed by atoms with Crippen LogP contribution in [0.25, 0.3) is 0 Å². The summed E-state index contributed by atoms with van der Waals surface area (Å²) in [6.07, 6.45) is 3.30. The first kappa shape index (κ1) is 10.4. The molecule has 0 saturated heterocycles. The third-order valence-electron chi connectivity index (χ3n) is 1.77. The van der Waals surface area contributed by atoms with Gasteiger partial charge in [0.05, 0.1) is 13.1 Å². The molecule has 1 aromatic carbocycles. The molecule has 1 aromatic rings. The van der Waals surface area contributed by atoms with Crippen LogP contribution in [0, 0.1) is 0 Å². The van der Waals surface area contributed by atoms with Gasteiger partial charge in [-0.3, -0.25) is 4.99 Å². The fourth-order valence-electron chi connectivity index (χ4n) is 1.15. The Labute approximate surface area is 83.2 Å². The van der Waals surface area contributed by atoms with E-state index < -0.39 is 0 Å². The van der Waals surface area contributed by atoms with Crippen molar-refractivity contribution in [2.45, 2.75) is 20.0 Å². The number of hydrogen-bond acceptors (Lipinski definition) is 3. The lowest BCUT2D eigenvalue weighted by molar-refractivity contribution is 0.563. The lowest BCUT2D eigenvalue weighted by atomic mass is 10.1. The molecular weight excluding hydrogens is 176 g/mol. The number of nitrogens with zero attached hydrogens (tertiary/aromatic N) is 2. The van der Waals surface area contributed by atoms with E-state index in [1.807, 2.05) is 31.2 Å². The first-order valence-corrected chi connectivity index (χ1v) is 4.42. The van der Waals surface area contributed by atoms with Gasteiger partial charge in [-0.05, 0) is 24.3 Å². The summed E-state index contributed by atoms with van der Waals surface area (Å²) in [5.74, 6) is 0. The molecule has 0 fully saturated rings. The predicted molar refractivity (Wildman–Crippen MR) is 56.1 cm³/mol. The lowest BCUT2D eigenvalue weighted by Crippen LogP contribution is -1.86. The fraction of sp³-hybridized carbons (Fsp3) is 0.273. The van der Waals surface area contributed by atoms with Crippen LogP contribution in [0.5, 0.6) is 0 Å². The Morgan fingerprint density at radius 2 is 2.07 bits per heavy atom. The molecule has 0 bridgehead atoms. The Morgan fingerprint density at radius 3 is 2.71 bits per heavy atom. The van der Waals surface area contributed by atoms with Crippen LogP contribution in [0.15, 0.2) is 34.3 Å². The molecule has 0 unspecified atom stereocenters. The molecule has 0 aliphatic heterocycles. The van der Waals surface area contributed by atoms with Crippen molar-refractivity contribution in [3.8, 4) is 0 Å². The molecule has 1 rings (SSSR count). The molecule has 0 atom stereocenters. The van der Waals surface area contributed by atoms with Crippen LogP contribution < -0.4 is 0 Å². The minimum absolute atomic E-state index is 0.396. The van der Waals surface area contributed by atoms with Crippen molar-refractivity contribution < 1.29 is 4.79 Å². The van der Waals surface area contributed by atoms with Gasteiger partial charge in [-0.15, -0.1) is 0 Å². The van der Waals surface area contributed by atoms with Crippen LogP contribution in [0.3, 0.4) is 0 Å². The van der Waals surface area contributed by atoms with E-state index in [0.717, 1.165) is 11.1 Å². The first-order chi connectivity index (χ1) is 6.86. The van der Waals surface area contributed by atoms with Crippen LogP contribution in [-0.4, -0.2) is 12.3 Å². The van der Waals surface area contributed by atoms with E-state index in [1.165, 1.54) is 6.08 Å². The lowest BCUT2D eigenvalue weighted by Gasteiger charge is -1.99. The third kappa shape index (κ3) is 3.33. The first-order valence-electron chi connectivity index (χ1n) is 4.42. The van der Waals surface area contributed by atoms with Crippen LogP contribution >= 0.6 is 0 Å². The van der Waals surface area contributed by atoms with E-state index >= 15 is 0 Å². The van der Waals surface area contributed by atoms with Crippen molar-refractivity contribution >= 4 is 12.3 Å². The van der Waals surface area contributed by atoms with E-state index in [0.29, 0.717) is 13.1 Å². The Balaban J connectivity index is 2.72. The molecule has 0 radical (unpaired) electrons. The van der Waals surface area contributed by atoms with Crippen LogP contribution in [0.1, 0.15) is 18.1 Å². The zero-order valence-electron chi connectivity index (χ0n) is 8.10. The van der Waals surface area contributed by atoms with Gasteiger partial charge in [-0.2, -0.15) is 0 Å². The Bertz CT molecular complexity index is 365. The Morgan fingerprint density at radius 1 is 1.36 bits per heavy atom. The van der Waals surface area contributed by atoms with Crippen molar-refractivity contribution in [3.05, 3.63) is 35.4 Å². The van der Waals surface area contributed by atoms with Gasteiger partial charge in [-0.25, -0.2) is 9.79 Å². The van der Waals surface area contributed by atoms with Crippen molar-refractivity contribution in [2.75, 3.05) is 0 Å². The highest BCUT2D eigenvalue weighted by atomic mass is 16.1. The SMILES string of the molecule is C/C=N\Cc1cccc(CN=C=O)c1. The van der Waals surface area contributed by atoms with Crippen molar-refractivity contribution in [2.24, 2.45) is 9.98 Å². The minimum atomic E-state index is 0.396. The monoisotopic (exact) mass is 188 g/mol. The maximum atomic E-state index is 9.92. The van der Waals surface area contributed by atoms with Crippen LogP contribution in [0.4, 0.5) is 0 Å². The van der Waals surface area contributed by atoms with Crippen molar-refractivity contribution in [3.63, 3.8) is 0 Å². The van der Waals surface area contributed by atoms with Gasteiger partial charge in [0.25, 0.3) is 0 Å². The molecule has 0 aliphatic carbocycles. The van der Waals surface area contributed by atoms with Gasteiger partial charge in [-0.1, -0.05) is 24.3 Å². The number of aliphatic imine (C=N–C) groups is 2.